The number of rotatable bonds is 6. The van der Waals surface area contributed by atoms with Gasteiger partial charge in [-0.2, -0.15) is 0 Å². The fourth-order valence-corrected chi connectivity index (χ4v) is 3.28. The maximum absolute atomic E-state index is 11.6. The Morgan fingerprint density at radius 3 is 2.81 bits per heavy atom. The standard InChI is InChI=1S/C18H28N2O/c1-4-7-13(3)18(19-5-2)15-10-11-16-14(12-15)8-6-9-17(21)20-16/h10-13,18-19H,4-9H2,1-3H3,(H,20,21). The van der Waals surface area contributed by atoms with Crippen molar-refractivity contribution in [2.24, 2.45) is 5.92 Å². The van der Waals surface area contributed by atoms with Crippen LogP contribution in [-0.2, 0) is 11.2 Å². The van der Waals surface area contributed by atoms with Crippen LogP contribution in [0.15, 0.2) is 18.2 Å². The Hall–Kier alpha value is -1.35. The highest BCUT2D eigenvalue weighted by Gasteiger charge is 2.20. The SMILES string of the molecule is CCCC(C)C(NCC)c1ccc2c(c1)CCCC(=O)N2. The quantitative estimate of drug-likeness (QED) is 0.829. The van der Waals surface area contributed by atoms with Gasteiger partial charge in [-0.15, -0.1) is 0 Å². The van der Waals surface area contributed by atoms with Gasteiger partial charge in [0, 0.05) is 18.2 Å². The van der Waals surface area contributed by atoms with Crippen molar-refractivity contribution in [2.45, 2.75) is 58.9 Å². The number of nitrogens with one attached hydrogen (secondary N) is 2. The number of hydrogen-bond donors (Lipinski definition) is 2. The Balaban J connectivity index is 2.25. The minimum absolute atomic E-state index is 0.143. The average molecular weight is 288 g/mol. The molecule has 2 N–H and O–H groups in total. The third-order valence-corrected chi connectivity index (χ3v) is 4.35. The van der Waals surface area contributed by atoms with Crippen molar-refractivity contribution in [1.29, 1.82) is 0 Å². The summed E-state index contributed by atoms with van der Waals surface area (Å²) in [7, 11) is 0. The van der Waals surface area contributed by atoms with Crippen LogP contribution in [0, 0.1) is 5.92 Å². The third kappa shape index (κ3) is 4.07. The predicted molar refractivity (Wildman–Crippen MR) is 88.5 cm³/mol. The minimum atomic E-state index is 0.143. The molecular formula is C18H28N2O. The zero-order chi connectivity index (χ0) is 15.2. The van der Waals surface area contributed by atoms with Gasteiger partial charge in [0.1, 0.15) is 0 Å². The van der Waals surface area contributed by atoms with Gasteiger partial charge in [0.05, 0.1) is 0 Å². The normalized spacial score (nSPS) is 17.6. The number of carbonyl (C=O) groups is 1. The second kappa shape index (κ2) is 7.60. The highest BCUT2D eigenvalue weighted by Crippen LogP contribution is 2.30. The maximum atomic E-state index is 11.6. The molecule has 0 bridgehead atoms. The lowest BCUT2D eigenvalue weighted by atomic mass is 9.89. The summed E-state index contributed by atoms with van der Waals surface area (Å²) in [5.41, 5.74) is 3.64. The lowest BCUT2D eigenvalue weighted by Gasteiger charge is -2.26. The van der Waals surface area contributed by atoms with Gasteiger partial charge in [-0.25, -0.2) is 0 Å². The molecule has 0 saturated heterocycles. The molecule has 0 radical (unpaired) electrons. The second-order valence-electron chi connectivity index (χ2n) is 6.12. The molecule has 1 aromatic carbocycles. The highest BCUT2D eigenvalue weighted by molar-refractivity contribution is 5.92. The van der Waals surface area contributed by atoms with Crippen molar-refractivity contribution in [2.75, 3.05) is 11.9 Å². The van der Waals surface area contributed by atoms with Gasteiger partial charge in [0.15, 0.2) is 0 Å². The van der Waals surface area contributed by atoms with Crippen molar-refractivity contribution >= 4 is 11.6 Å². The van der Waals surface area contributed by atoms with E-state index in [-0.39, 0.29) is 5.91 Å². The van der Waals surface area contributed by atoms with E-state index in [1.165, 1.54) is 24.0 Å². The van der Waals surface area contributed by atoms with Crippen molar-refractivity contribution in [3.63, 3.8) is 0 Å². The van der Waals surface area contributed by atoms with Crippen LogP contribution in [0.3, 0.4) is 0 Å². The van der Waals surface area contributed by atoms with E-state index in [2.05, 4.69) is 49.6 Å². The number of anilines is 1. The Kier molecular flexibility index (Phi) is 5.80. The molecule has 0 saturated carbocycles. The summed E-state index contributed by atoms with van der Waals surface area (Å²) in [4.78, 5) is 11.6. The molecule has 3 nitrogen and oxygen atoms in total. The number of benzene rings is 1. The Labute approximate surface area is 128 Å². The van der Waals surface area contributed by atoms with Crippen molar-refractivity contribution in [3.05, 3.63) is 29.3 Å². The highest BCUT2D eigenvalue weighted by atomic mass is 16.1. The molecule has 21 heavy (non-hydrogen) atoms. The maximum Gasteiger partial charge on any atom is 0.224 e. The fraction of sp³-hybridized carbons (Fsp3) is 0.611. The second-order valence-corrected chi connectivity index (χ2v) is 6.12. The molecule has 0 fully saturated rings. The summed E-state index contributed by atoms with van der Waals surface area (Å²) in [6, 6.07) is 6.94. The minimum Gasteiger partial charge on any atom is -0.326 e. The molecule has 1 aliphatic heterocycles. The van der Waals surface area contributed by atoms with Gasteiger partial charge in [-0.1, -0.05) is 39.3 Å². The molecule has 3 heteroatoms. The van der Waals surface area contributed by atoms with Crippen LogP contribution in [0.2, 0.25) is 0 Å². The van der Waals surface area contributed by atoms with Crippen LogP contribution in [0.5, 0.6) is 0 Å². The summed E-state index contributed by atoms with van der Waals surface area (Å²) >= 11 is 0. The van der Waals surface area contributed by atoms with Crippen LogP contribution in [0.4, 0.5) is 5.69 Å². The van der Waals surface area contributed by atoms with Crippen LogP contribution in [-0.4, -0.2) is 12.5 Å². The van der Waals surface area contributed by atoms with Crippen LogP contribution < -0.4 is 10.6 Å². The lowest BCUT2D eigenvalue weighted by molar-refractivity contribution is -0.116. The topological polar surface area (TPSA) is 41.1 Å². The fourth-order valence-electron chi connectivity index (χ4n) is 3.28. The summed E-state index contributed by atoms with van der Waals surface area (Å²) in [5, 5.41) is 6.64. The molecule has 2 unspecified atom stereocenters. The number of fused-ring (bicyclic) bond motifs is 1. The van der Waals surface area contributed by atoms with E-state index in [1.807, 2.05) is 0 Å². The average Bonchev–Trinajstić information content (AvgIpc) is 2.64. The van der Waals surface area contributed by atoms with Crippen molar-refractivity contribution in [1.82, 2.24) is 5.32 Å². The molecule has 2 rings (SSSR count). The smallest absolute Gasteiger partial charge is 0.224 e. The number of hydrogen-bond acceptors (Lipinski definition) is 2. The Bertz CT molecular complexity index is 484. The van der Waals surface area contributed by atoms with Gasteiger partial charge >= 0.3 is 0 Å². The molecule has 2 atom stereocenters. The summed E-state index contributed by atoms with van der Waals surface area (Å²) in [6.07, 6.45) is 5.00. The van der Waals surface area contributed by atoms with Gasteiger partial charge in [-0.3, -0.25) is 4.79 Å². The summed E-state index contributed by atoms with van der Waals surface area (Å²) in [6.45, 7) is 7.71. The van der Waals surface area contributed by atoms with E-state index in [4.69, 9.17) is 0 Å². The Morgan fingerprint density at radius 1 is 1.29 bits per heavy atom. The first-order chi connectivity index (χ1) is 10.2. The van der Waals surface area contributed by atoms with Gasteiger partial charge in [0.25, 0.3) is 0 Å². The van der Waals surface area contributed by atoms with Crippen molar-refractivity contribution in [3.8, 4) is 0 Å². The first-order valence-electron chi connectivity index (χ1n) is 8.31. The molecule has 0 aliphatic carbocycles. The molecular weight excluding hydrogens is 260 g/mol. The van der Waals surface area contributed by atoms with E-state index in [0.717, 1.165) is 25.1 Å². The number of amides is 1. The van der Waals surface area contributed by atoms with Gasteiger partial charge in [0.2, 0.25) is 5.91 Å². The van der Waals surface area contributed by atoms with Crippen LogP contribution in [0.25, 0.3) is 0 Å². The molecule has 1 amide bonds. The Morgan fingerprint density at radius 2 is 2.10 bits per heavy atom. The molecule has 1 heterocycles. The largest absolute Gasteiger partial charge is 0.326 e. The monoisotopic (exact) mass is 288 g/mol. The van der Waals surface area contributed by atoms with E-state index in [9.17, 15) is 4.79 Å². The van der Waals surface area contributed by atoms with E-state index < -0.39 is 0 Å². The third-order valence-electron chi connectivity index (χ3n) is 4.35. The van der Waals surface area contributed by atoms with Gasteiger partial charge in [-0.05, 0) is 48.9 Å². The first-order valence-corrected chi connectivity index (χ1v) is 8.31. The molecule has 0 aromatic heterocycles. The molecule has 0 spiro atoms. The summed E-state index contributed by atoms with van der Waals surface area (Å²) in [5.74, 6) is 0.762. The van der Waals surface area contributed by atoms with E-state index in [0.29, 0.717) is 18.4 Å². The van der Waals surface area contributed by atoms with Crippen molar-refractivity contribution < 1.29 is 4.79 Å². The lowest BCUT2D eigenvalue weighted by Crippen LogP contribution is -2.27. The zero-order valence-electron chi connectivity index (χ0n) is 13.5. The first kappa shape index (κ1) is 16.0. The predicted octanol–water partition coefficient (Wildman–Crippen LogP) is 4.05. The van der Waals surface area contributed by atoms with E-state index >= 15 is 0 Å². The summed E-state index contributed by atoms with van der Waals surface area (Å²) < 4.78 is 0. The molecule has 1 aromatic rings. The molecule has 1 aliphatic rings. The van der Waals surface area contributed by atoms with Crippen LogP contribution >= 0.6 is 0 Å². The molecule has 116 valence electrons. The van der Waals surface area contributed by atoms with Gasteiger partial charge < -0.3 is 10.6 Å². The van der Waals surface area contributed by atoms with Crippen LogP contribution in [0.1, 0.15) is 63.6 Å². The number of aryl methyl sites for hydroxylation is 1. The zero-order valence-corrected chi connectivity index (χ0v) is 13.5. The number of carbonyl (C=O) groups excluding carboxylic acids is 1. The van der Waals surface area contributed by atoms with E-state index in [1.54, 1.807) is 0 Å².